The average molecular weight is 905 g/mol. The monoisotopic (exact) mass is 904 g/mol. The van der Waals surface area contributed by atoms with Crippen molar-refractivity contribution in [1.29, 1.82) is 0 Å². The van der Waals surface area contributed by atoms with E-state index in [-0.39, 0.29) is 42.1 Å². The van der Waals surface area contributed by atoms with E-state index < -0.39 is 60.1 Å². The molecule has 3 aliphatic rings. The first kappa shape index (κ1) is 49.1. The number of carboxylic acids is 2. The third kappa shape index (κ3) is 13.6. The molecular formula is C47H60N4O10S2. The first-order valence-corrected chi connectivity index (χ1v) is 23.6. The van der Waals surface area contributed by atoms with Gasteiger partial charge in [-0.25, -0.2) is 9.59 Å². The maximum atomic E-state index is 13.3. The fraction of sp³-hybridized carbons (Fsp3) is 0.489. The number of thioether (sulfide) groups is 2. The summed E-state index contributed by atoms with van der Waals surface area (Å²) < 4.78 is 10.2. The fourth-order valence-corrected chi connectivity index (χ4v) is 11.4. The Morgan fingerprint density at radius 1 is 0.667 bits per heavy atom. The van der Waals surface area contributed by atoms with Crippen molar-refractivity contribution in [2.75, 3.05) is 31.3 Å². The Kier molecular flexibility index (Phi) is 18.5. The molecule has 14 nitrogen and oxygen atoms in total. The minimum Gasteiger partial charge on any atom is -0.480 e. The van der Waals surface area contributed by atoms with Gasteiger partial charge in [0.25, 0.3) is 0 Å². The summed E-state index contributed by atoms with van der Waals surface area (Å²) in [6, 6.07) is 22.6. The molecule has 0 bridgehead atoms. The van der Waals surface area contributed by atoms with Crippen molar-refractivity contribution in [3.8, 4) is 0 Å². The van der Waals surface area contributed by atoms with Gasteiger partial charge in [0.15, 0.2) is 0 Å². The molecular weight excluding hydrogens is 845 g/mol. The van der Waals surface area contributed by atoms with Crippen molar-refractivity contribution in [3.63, 3.8) is 0 Å². The van der Waals surface area contributed by atoms with E-state index in [4.69, 9.17) is 9.47 Å². The van der Waals surface area contributed by atoms with Crippen LogP contribution in [0.4, 0.5) is 0 Å². The van der Waals surface area contributed by atoms with E-state index in [0.29, 0.717) is 38.6 Å². The highest BCUT2D eigenvalue weighted by molar-refractivity contribution is 8.21. The third-order valence-electron chi connectivity index (χ3n) is 11.4. The summed E-state index contributed by atoms with van der Waals surface area (Å²) in [5.41, 5.74) is 4.06. The first-order valence-electron chi connectivity index (χ1n) is 21.6. The molecule has 2 amide bonds. The Labute approximate surface area is 378 Å². The molecule has 6 rings (SSSR count). The average Bonchev–Trinajstić information content (AvgIpc) is 3.92. The number of ether oxygens (including phenoxy) is 2. The number of aryl methyl sites for hydroxylation is 2. The summed E-state index contributed by atoms with van der Waals surface area (Å²) in [6.07, 6.45) is 2.97. The smallest absolute Gasteiger partial charge is 0.326 e. The number of esters is 2. The molecule has 3 heterocycles. The molecule has 0 saturated carbocycles. The quantitative estimate of drug-likeness (QED) is 0.125. The van der Waals surface area contributed by atoms with Gasteiger partial charge in [-0.15, -0.1) is 23.5 Å². The molecule has 2 fully saturated rings. The number of amides is 2. The van der Waals surface area contributed by atoms with Gasteiger partial charge < -0.3 is 29.5 Å². The molecule has 340 valence electrons. The van der Waals surface area contributed by atoms with Crippen LogP contribution in [-0.2, 0) is 64.0 Å². The summed E-state index contributed by atoms with van der Waals surface area (Å²) in [4.78, 5) is 78.1. The van der Waals surface area contributed by atoms with E-state index in [1.807, 2.05) is 84.9 Å². The molecule has 3 aromatic rings. The number of hydrogen-bond acceptors (Lipinski definition) is 12. The van der Waals surface area contributed by atoms with E-state index in [1.165, 1.54) is 9.80 Å². The number of nitrogens with zero attached hydrogens (tertiary/aromatic N) is 2. The van der Waals surface area contributed by atoms with Gasteiger partial charge in [-0.05, 0) is 75.6 Å². The standard InChI is InChI=1S/C25H30N2O5.C22H30N2O5S2/c1-3-32-25(31)21(14-13-18-9-5-4-6-10-18)26-17(2)23(28)27-16-20-12-8-7-11-19(20)15-22(27)24(29)30;1-3-29-21(28)17(10-9-16-7-5-4-6-8-16)23-15(2)19(25)24-14-22(30-11-12-31-22)13-18(24)20(26)27/h4-12,17,21-22,26H,3,13-16H2,1-2H3,(H,29,30);4-8,15,17-18,23H,3,9-14H2,1-2H3,(H,26,27)/t17-,21-,22-;15-,17-,18-/m00/s1. The molecule has 16 heteroatoms. The number of carbonyl (C=O) groups excluding carboxylic acids is 4. The molecule has 3 aromatic carbocycles. The molecule has 0 unspecified atom stereocenters. The number of carbonyl (C=O) groups is 6. The highest BCUT2D eigenvalue weighted by atomic mass is 32.2. The topological polar surface area (TPSA) is 192 Å². The van der Waals surface area contributed by atoms with E-state index in [2.05, 4.69) is 10.6 Å². The lowest BCUT2D eigenvalue weighted by molar-refractivity contribution is -0.153. The van der Waals surface area contributed by atoms with E-state index >= 15 is 0 Å². The van der Waals surface area contributed by atoms with Gasteiger partial charge in [-0.1, -0.05) is 84.9 Å². The molecule has 3 aliphatic heterocycles. The van der Waals surface area contributed by atoms with Crippen LogP contribution in [0.1, 0.15) is 69.2 Å². The second-order valence-corrected chi connectivity index (χ2v) is 19.1. The molecule has 0 aliphatic carbocycles. The predicted octanol–water partition coefficient (Wildman–Crippen LogP) is 4.96. The van der Waals surface area contributed by atoms with Gasteiger partial charge in [0.1, 0.15) is 24.2 Å². The largest absolute Gasteiger partial charge is 0.480 e. The minimum absolute atomic E-state index is 0.228. The number of likely N-dealkylation sites (tertiary alicyclic amines) is 1. The SMILES string of the molecule is CCOC(=O)[C@H](CCc1ccccc1)N[C@@H](C)C(=O)N1CC2(C[C@H]1C(=O)O)SCCS2.CCOC(=O)[C@H](CCc1ccccc1)N[C@@H](C)C(=O)N1Cc2ccccc2C[C@H]1C(=O)O. The van der Waals surface area contributed by atoms with Crippen LogP contribution < -0.4 is 10.6 Å². The van der Waals surface area contributed by atoms with Gasteiger partial charge in [0.2, 0.25) is 11.8 Å². The third-order valence-corrected chi connectivity index (χ3v) is 14.8. The molecule has 4 N–H and O–H groups in total. The van der Waals surface area contributed by atoms with Crippen LogP contribution in [0, 0.1) is 0 Å². The lowest BCUT2D eigenvalue weighted by Crippen LogP contribution is -2.56. The molecule has 63 heavy (non-hydrogen) atoms. The zero-order valence-corrected chi connectivity index (χ0v) is 38.0. The Hall–Kier alpha value is -4.90. The summed E-state index contributed by atoms with van der Waals surface area (Å²) in [7, 11) is 0. The maximum absolute atomic E-state index is 13.3. The van der Waals surface area contributed by atoms with Gasteiger partial charge >= 0.3 is 23.9 Å². The number of aliphatic carboxylic acids is 2. The van der Waals surface area contributed by atoms with Gasteiger partial charge in [-0.2, -0.15) is 0 Å². The number of fused-ring (bicyclic) bond motifs is 1. The number of rotatable bonds is 18. The number of nitrogens with one attached hydrogen (secondary N) is 2. The number of carboxylic acid groups (broad SMARTS) is 2. The molecule has 1 spiro atoms. The number of benzene rings is 3. The second kappa shape index (κ2) is 23.7. The van der Waals surface area contributed by atoms with Crippen molar-refractivity contribution >= 4 is 59.2 Å². The number of hydrogen-bond donors (Lipinski definition) is 4. The van der Waals surface area contributed by atoms with E-state index in [0.717, 1.165) is 33.8 Å². The molecule has 6 atom stereocenters. The highest BCUT2D eigenvalue weighted by Gasteiger charge is 2.52. The van der Waals surface area contributed by atoms with Crippen molar-refractivity contribution in [2.45, 2.75) is 113 Å². The van der Waals surface area contributed by atoms with Crippen LogP contribution in [-0.4, -0.2) is 127 Å². The van der Waals surface area contributed by atoms with Crippen LogP contribution >= 0.6 is 23.5 Å². The van der Waals surface area contributed by atoms with Gasteiger partial charge in [0, 0.05) is 37.4 Å². The Morgan fingerprint density at radius 3 is 1.57 bits per heavy atom. The lowest BCUT2D eigenvalue weighted by atomic mass is 9.93. The summed E-state index contributed by atoms with van der Waals surface area (Å²) >= 11 is 3.50. The highest BCUT2D eigenvalue weighted by Crippen LogP contribution is 2.51. The zero-order chi connectivity index (χ0) is 45.5. The summed E-state index contributed by atoms with van der Waals surface area (Å²) in [5.74, 6) is -1.52. The molecule has 0 radical (unpaired) electrons. The fourth-order valence-electron chi connectivity index (χ4n) is 8.15. The lowest BCUT2D eigenvalue weighted by Gasteiger charge is -2.36. The molecule has 2 saturated heterocycles. The summed E-state index contributed by atoms with van der Waals surface area (Å²) in [6.45, 7) is 7.99. The van der Waals surface area contributed by atoms with E-state index in [1.54, 1.807) is 51.2 Å². The predicted molar refractivity (Wildman–Crippen MR) is 243 cm³/mol. The maximum Gasteiger partial charge on any atom is 0.326 e. The van der Waals surface area contributed by atoms with Crippen LogP contribution in [0.2, 0.25) is 0 Å². The van der Waals surface area contributed by atoms with Gasteiger partial charge in [-0.3, -0.25) is 29.8 Å². The Bertz CT molecular complexity index is 2020. The van der Waals surface area contributed by atoms with Crippen molar-refractivity contribution in [1.82, 2.24) is 20.4 Å². The van der Waals surface area contributed by atoms with Crippen molar-refractivity contribution in [2.24, 2.45) is 0 Å². The van der Waals surface area contributed by atoms with Crippen LogP contribution in [0.15, 0.2) is 84.9 Å². The van der Waals surface area contributed by atoms with Crippen molar-refractivity contribution in [3.05, 3.63) is 107 Å². The van der Waals surface area contributed by atoms with Crippen molar-refractivity contribution < 1.29 is 48.5 Å². The normalized spacial score (nSPS) is 19.4. The zero-order valence-electron chi connectivity index (χ0n) is 36.4. The van der Waals surface area contributed by atoms with E-state index in [9.17, 15) is 39.0 Å². The minimum atomic E-state index is -1.04. The van der Waals surface area contributed by atoms with Crippen LogP contribution in [0.25, 0.3) is 0 Å². The second-order valence-electron chi connectivity index (χ2n) is 15.9. The molecule has 0 aromatic heterocycles. The van der Waals surface area contributed by atoms with Crippen LogP contribution in [0.3, 0.4) is 0 Å². The first-order chi connectivity index (χ1) is 30.3. The Balaban J connectivity index is 0.000000238. The summed E-state index contributed by atoms with van der Waals surface area (Å²) in [5, 5.41) is 25.6. The Morgan fingerprint density at radius 2 is 1.11 bits per heavy atom. The van der Waals surface area contributed by atoms with Gasteiger partial charge in [0.05, 0.1) is 29.4 Å². The van der Waals surface area contributed by atoms with Crippen LogP contribution in [0.5, 0.6) is 0 Å².